The summed E-state index contributed by atoms with van der Waals surface area (Å²) in [6.45, 7) is 0.719. The number of hydrogen-bond donors (Lipinski definition) is 1. The van der Waals surface area contributed by atoms with E-state index in [2.05, 4.69) is 0 Å². The van der Waals surface area contributed by atoms with Crippen molar-refractivity contribution >= 4 is 0 Å². The van der Waals surface area contributed by atoms with Crippen molar-refractivity contribution in [2.45, 2.75) is 19.3 Å². The van der Waals surface area contributed by atoms with Crippen LogP contribution < -0.4 is 19.9 Å². The van der Waals surface area contributed by atoms with Gasteiger partial charge >= 0.3 is 0 Å². The van der Waals surface area contributed by atoms with E-state index in [1.807, 2.05) is 6.07 Å². The van der Waals surface area contributed by atoms with Crippen LogP contribution in [0.25, 0.3) is 0 Å². The molecule has 0 fully saturated rings. The van der Waals surface area contributed by atoms with E-state index in [9.17, 15) is 0 Å². The zero-order chi connectivity index (χ0) is 13.1. The summed E-state index contributed by atoms with van der Waals surface area (Å²) in [5, 5.41) is 0. The molecule has 0 saturated heterocycles. The van der Waals surface area contributed by atoms with Crippen LogP contribution in [-0.4, -0.2) is 27.9 Å². The van der Waals surface area contributed by atoms with Crippen LogP contribution in [0.3, 0.4) is 0 Å². The molecule has 0 bridgehead atoms. The molecule has 1 unspecified atom stereocenters. The first-order valence-electron chi connectivity index (χ1n) is 6.25. The highest BCUT2D eigenvalue weighted by Crippen LogP contribution is 2.43. The Balaban J connectivity index is 2.52. The van der Waals surface area contributed by atoms with Crippen LogP contribution in [0.4, 0.5) is 0 Å². The molecule has 4 heteroatoms. The zero-order valence-corrected chi connectivity index (χ0v) is 11.3. The minimum Gasteiger partial charge on any atom is -0.496 e. The van der Waals surface area contributed by atoms with Crippen LogP contribution in [0.15, 0.2) is 6.07 Å². The van der Waals surface area contributed by atoms with Crippen molar-refractivity contribution in [3.8, 4) is 17.2 Å². The average Bonchev–Trinajstić information content (AvgIpc) is 2.44. The van der Waals surface area contributed by atoms with E-state index in [-0.39, 0.29) is 0 Å². The van der Waals surface area contributed by atoms with Gasteiger partial charge in [-0.25, -0.2) is 0 Å². The van der Waals surface area contributed by atoms with Gasteiger partial charge in [-0.3, -0.25) is 0 Å². The van der Waals surface area contributed by atoms with Gasteiger partial charge in [0.2, 0.25) is 0 Å². The first-order valence-corrected chi connectivity index (χ1v) is 6.25. The van der Waals surface area contributed by atoms with E-state index in [1.165, 1.54) is 11.1 Å². The van der Waals surface area contributed by atoms with Crippen molar-refractivity contribution in [1.29, 1.82) is 0 Å². The van der Waals surface area contributed by atoms with Crippen molar-refractivity contribution < 1.29 is 14.2 Å². The first kappa shape index (κ1) is 13.0. The molecule has 1 aromatic carbocycles. The second-order valence-electron chi connectivity index (χ2n) is 4.62. The Hall–Kier alpha value is -1.42. The van der Waals surface area contributed by atoms with Gasteiger partial charge in [0.25, 0.3) is 0 Å². The van der Waals surface area contributed by atoms with E-state index in [0.717, 1.165) is 43.1 Å². The monoisotopic (exact) mass is 251 g/mol. The molecule has 0 radical (unpaired) electrons. The molecular formula is C14H21NO3. The number of nitrogens with two attached hydrogens (primary N) is 1. The van der Waals surface area contributed by atoms with Gasteiger partial charge in [-0.15, -0.1) is 0 Å². The van der Waals surface area contributed by atoms with Crippen molar-refractivity contribution in [2.24, 2.45) is 11.7 Å². The highest BCUT2D eigenvalue weighted by molar-refractivity contribution is 5.58. The third-order valence-electron chi connectivity index (χ3n) is 3.69. The number of rotatable bonds is 4. The Morgan fingerprint density at radius 2 is 1.83 bits per heavy atom. The largest absolute Gasteiger partial charge is 0.496 e. The van der Waals surface area contributed by atoms with Gasteiger partial charge in [0.1, 0.15) is 5.75 Å². The SMILES string of the molecule is COc1cc(OC)c(OC)c2c1CC(CN)CC2. The van der Waals surface area contributed by atoms with Gasteiger partial charge in [0, 0.05) is 17.2 Å². The van der Waals surface area contributed by atoms with Gasteiger partial charge in [0.15, 0.2) is 11.5 Å². The summed E-state index contributed by atoms with van der Waals surface area (Å²) in [7, 11) is 5.02. The molecule has 1 aromatic rings. The van der Waals surface area contributed by atoms with Crippen LogP contribution in [0.1, 0.15) is 17.5 Å². The first-order chi connectivity index (χ1) is 8.74. The molecule has 1 aliphatic rings. The highest BCUT2D eigenvalue weighted by Gasteiger charge is 2.26. The molecule has 0 amide bonds. The van der Waals surface area contributed by atoms with E-state index in [0.29, 0.717) is 5.92 Å². The summed E-state index contributed by atoms with van der Waals surface area (Å²) in [5.41, 5.74) is 8.21. The van der Waals surface area contributed by atoms with E-state index in [4.69, 9.17) is 19.9 Å². The minimum atomic E-state index is 0.532. The fourth-order valence-electron chi connectivity index (χ4n) is 2.69. The average molecular weight is 251 g/mol. The second kappa shape index (κ2) is 5.48. The second-order valence-corrected chi connectivity index (χ2v) is 4.62. The fourth-order valence-corrected chi connectivity index (χ4v) is 2.69. The summed E-state index contributed by atoms with van der Waals surface area (Å²) in [6.07, 6.45) is 3.01. The molecule has 2 N–H and O–H groups in total. The van der Waals surface area contributed by atoms with Gasteiger partial charge in [0.05, 0.1) is 21.3 Å². The lowest BCUT2D eigenvalue weighted by Crippen LogP contribution is -2.23. The molecule has 0 saturated carbocycles. The minimum absolute atomic E-state index is 0.532. The molecule has 100 valence electrons. The van der Waals surface area contributed by atoms with Crippen LogP contribution in [0, 0.1) is 5.92 Å². The number of hydrogen-bond acceptors (Lipinski definition) is 4. The standard InChI is InChI=1S/C14H21NO3/c1-16-12-7-13(17-2)14(18-3)10-5-4-9(8-15)6-11(10)12/h7,9H,4-6,8,15H2,1-3H3. The lowest BCUT2D eigenvalue weighted by atomic mass is 9.82. The molecule has 18 heavy (non-hydrogen) atoms. The molecule has 1 aliphatic carbocycles. The van der Waals surface area contributed by atoms with Crippen molar-refractivity contribution in [3.05, 3.63) is 17.2 Å². The van der Waals surface area contributed by atoms with E-state index >= 15 is 0 Å². The predicted molar refractivity (Wildman–Crippen MR) is 70.7 cm³/mol. The zero-order valence-electron chi connectivity index (χ0n) is 11.3. The normalized spacial score (nSPS) is 18.1. The maximum atomic E-state index is 5.78. The molecule has 1 atom stereocenters. The summed E-state index contributed by atoms with van der Waals surface area (Å²) < 4.78 is 16.3. The van der Waals surface area contributed by atoms with Gasteiger partial charge in [-0.1, -0.05) is 0 Å². The number of fused-ring (bicyclic) bond motifs is 1. The van der Waals surface area contributed by atoms with Crippen molar-refractivity contribution in [2.75, 3.05) is 27.9 Å². The lowest BCUT2D eigenvalue weighted by molar-refractivity contribution is 0.335. The van der Waals surface area contributed by atoms with Crippen molar-refractivity contribution in [1.82, 2.24) is 0 Å². The third-order valence-corrected chi connectivity index (χ3v) is 3.69. The maximum Gasteiger partial charge on any atom is 0.164 e. The Kier molecular flexibility index (Phi) is 3.97. The third kappa shape index (κ3) is 2.12. The molecular weight excluding hydrogens is 230 g/mol. The summed E-state index contributed by atoms with van der Waals surface area (Å²) in [4.78, 5) is 0. The Labute approximate surface area is 108 Å². The molecule has 0 aliphatic heterocycles. The van der Waals surface area contributed by atoms with Crippen LogP contribution in [-0.2, 0) is 12.8 Å². The molecule has 0 aromatic heterocycles. The predicted octanol–water partition coefficient (Wildman–Crippen LogP) is 1.78. The number of ether oxygens (including phenoxy) is 3. The van der Waals surface area contributed by atoms with Gasteiger partial charge in [-0.2, -0.15) is 0 Å². The highest BCUT2D eigenvalue weighted by atomic mass is 16.5. The van der Waals surface area contributed by atoms with Gasteiger partial charge < -0.3 is 19.9 Å². The Bertz CT molecular complexity index is 432. The Morgan fingerprint density at radius 1 is 1.11 bits per heavy atom. The molecule has 4 nitrogen and oxygen atoms in total. The number of methoxy groups -OCH3 is 3. The fraction of sp³-hybridized carbons (Fsp3) is 0.571. The maximum absolute atomic E-state index is 5.78. The summed E-state index contributed by atoms with van der Waals surface area (Å²) in [5.74, 6) is 2.98. The molecule has 2 rings (SSSR count). The van der Waals surface area contributed by atoms with Crippen molar-refractivity contribution in [3.63, 3.8) is 0 Å². The topological polar surface area (TPSA) is 53.7 Å². The Morgan fingerprint density at radius 3 is 2.39 bits per heavy atom. The van der Waals surface area contributed by atoms with Crippen LogP contribution in [0.5, 0.6) is 17.2 Å². The lowest BCUT2D eigenvalue weighted by Gasteiger charge is -2.27. The molecule has 0 heterocycles. The van der Waals surface area contributed by atoms with Gasteiger partial charge in [-0.05, 0) is 31.7 Å². The van der Waals surface area contributed by atoms with E-state index < -0.39 is 0 Å². The van der Waals surface area contributed by atoms with Crippen LogP contribution in [0.2, 0.25) is 0 Å². The summed E-state index contributed by atoms with van der Waals surface area (Å²) >= 11 is 0. The van der Waals surface area contributed by atoms with Crippen LogP contribution >= 0.6 is 0 Å². The van der Waals surface area contributed by atoms with E-state index in [1.54, 1.807) is 21.3 Å². The quantitative estimate of drug-likeness (QED) is 0.886. The summed E-state index contributed by atoms with van der Waals surface area (Å²) in [6, 6.07) is 1.90. The number of benzene rings is 1. The molecule has 0 spiro atoms. The smallest absolute Gasteiger partial charge is 0.164 e.